The Balaban J connectivity index is 2.15. The molecule has 0 aliphatic carbocycles. The molecule has 0 bridgehead atoms. The standard InChI is InChI=1S/C12H18N4S/c1-4-14-11(12-6-13-8-16(12)3)5-10-7-17-9(2)15-10/h6-8,11,14H,4-5H2,1-3H3. The Kier molecular flexibility index (Phi) is 3.91. The first kappa shape index (κ1) is 12.3. The van der Waals surface area contributed by atoms with Crippen LogP contribution in [-0.2, 0) is 13.5 Å². The third-order valence-electron chi connectivity index (χ3n) is 2.74. The van der Waals surface area contributed by atoms with Gasteiger partial charge in [0.15, 0.2) is 0 Å². The smallest absolute Gasteiger partial charge is 0.0946 e. The molecule has 0 aliphatic rings. The molecule has 1 N–H and O–H groups in total. The van der Waals surface area contributed by atoms with Crippen molar-refractivity contribution >= 4 is 11.3 Å². The van der Waals surface area contributed by atoms with Crippen molar-refractivity contribution in [2.75, 3.05) is 6.54 Å². The first-order valence-electron chi connectivity index (χ1n) is 5.81. The zero-order valence-electron chi connectivity index (χ0n) is 10.5. The van der Waals surface area contributed by atoms with E-state index in [2.05, 4.69) is 32.2 Å². The van der Waals surface area contributed by atoms with Crippen LogP contribution in [0.5, 0.6) is 0 Å². The number of thiazole rings is 1. The Morgan fingerprint density at radius 2 is 2.35 bits per heavy atom. The first-order chi connectivity index (χ1) is 8.20. The maximum Gasteiger partial charge on any atom is 0.0946 e. The average molecular weight is 250 g/mol. The van der Waals surface area contributed by atoms with Crippen molar-refractivity contribution in [1.29, 1.82) is 0 Å². The second-order valence-electron chi connectivity index (χ2n) is 4.10. The third-order valence-corrected chi connectivity index (χ3v) is 3.56. The van der Waals surface area contributed by atoms with E-state index in [9.17, 15) is 0 Å². The molecular formula is C12H18N4S. The summed E-state index contributed by atoms with van der Waals surface area (Å²) in [6.07, 6.45) is 4.68. The van der Waals surface area contributed by atoms with Crippen LogP contribution in [0.1, 0.15) is 29.4 Å². The van der Waals surface area contributed by atoms with E-state index in [0.717, 1.165) is 23.7 Å². The van der Waals surface area contributed by atoms with Gasteiger partial charge >= 0.3 is 0 Å². The summed E-state index contributed by atoms with van der Waals surface area (Å²) in [5.41, 5.74) is 2.36. The van der Waals surface area contributed by atoms with Crippen LogP contribution in [-0.4, -0.2) is 21.1 Å². The molecule has 0 amide bonds. The van der Waals surface area contributed by atoms with Crippen molar-refractivity contribution in [3.63, 3.8) is 0 Å². The molecule has 2 rings (SSSR count). The van der Waals surface area contributed by atoms with Crippen LogP contribution in [0.4, 0.5) is 0 Å². The van der Waals surface area contributed by atoms with E-state index < -0.39 is 0 Å². The van der Waals surface area contributed by atoms with Gasteiger partial charge in [0.25, 0.3) is 0 Å². The number of aromatic nitrogens is 3. The first-order valence-corrected chi connectivity index (χ1v) is 6.69. The van der Waals surface area contributed by atoms with Gasteiger partial charge in [0, 0.05) is 25.0 Å². The summed E-state index contributed by atoms with van der Waals surface area (Å²) in [6, 6.07) is 0.286. The van der Waals surface area contributed by atoms with Crippen molar-refractivity contribution in [2.24, 2.45) is 7.05 Å². The highest BCUT2D eigenvalue weighted by Gasteiger charge is 2.15. The van der Waals surface area contributed by atoms with E-state index in [1.165, 1.54) is 5.69 Å². The fourth-order valence-electron chi connectivity index (χ4n) is 1.94. The largest absolute Gasteiger partial charge is 0.336 e. The predicted molar refractivity (Wildman–Crippen MR) is 70.2 cm³/mol. The van der Waals surface area contributed by atoms with E-state index in [4.69, 9.17) is 0 Å². The van der Waals surface area contributed by atoms with Gasteiger partial charge in [-0.15, -0.1) is 11.3 Å². The molecule has 1 atom stereocenters. The normalized spacial score (nSPS) is 12.9. The Morgan fingerprint density at radius 1 is 1.53 bits per heavy atom. The van der Waals surface area contributed by atoms with Crippen molar-refractivity contribution in [1.82, 2.24) is 19.9 Å². The minimum absolute atomic E-state index is 0.286. The summed E-state index contributed by atoms with van der Waals surface area (Å²) in [4.78, 5) is 8.70. The van der Waals surface area contributed by atoms with Crippen molar-refractivity contribution in [2.45, 2.75) is 26.3 Å². The summed E-state index contributed by atoms with van der Waals surface area (Å²) in [7, 11) is 2.03. The minimum Gasteiger partial charge on any atom is -0.336 e. The van der Waals surface area contributed by atoms with Gasteiger partial charge in [0.1, 0.15) is 0 Å². The van der Waals surface area contributed by atoms with Crippen LogP contribution in [0, 0.1) is 6.92 Å². The molecule has 0 fully saturated rings. The molecule has 1 unspecified atom stereocenters. The van der Waals surface area contributed by atoms with Crippen molar-refractivity contribution in [3.8, 4) is 0 Å². The Morgan fingerprint density at radius 3 is 2.88 bits per heavy atom. The Labute approximate surface area is 106 Å². The topological polar surface area (TPSA) is 42.7 Å². The maximum atomic E-state index is 4.52. The number of hydrogen-bond acceptors (Lipinski definition) is 4. The molecule has 0 saturated heterocycles. The number of likely N-dealkylation sites (N-methyl/N-ethyl adjacent to an activating group) is 1. The maximum absolute atomic E-state index is 4.52. The van der Waals surface area contributed by atoms with E-state index in [1.807, 2.05) is 26.5 Å². The molecule has 2 aromatic heterocycles. The number of imidazole rings is 1. The molecule has 0 radical (unpaired) electrons. The highest BCUT2D eigenvalue weighted by atomic mass is 32.1. The molecule has 92 valence electrons. The van der Waals surface area contributed by atoms with Crippen LogP contribution in [0.3, 0.4) is 0 Å². The van der Waals surface area contributed by atoms with Gasteiger partial charge in [0.2, 0.25) is 0 Å². The van der Waals surface area contributed by atoms with Crippen molar-refractivity contribution in [3.05, 3.63) is 34.3 Å². The quantitative estimate of drug-likeness (QED) is 0.883. The van der Waals surface area contributed by atoms with Gasteiger partial charge in [-0.1, -0.05) is 6.92 Å². The monoisotopic (exact) mass is 250 g/mol. The third kappa shape index (κ3) is 2.92. The van der Waals surface area contributed by atoms with Crippen LogP contribution in [0.15, 0.2) is 17.9 Å². The van der Waals surface area contributed by atoms with Crippen LogP contribution >= 0.6 is 11.3 Å². The lowest BCUT2D eigenvalue weighted by Gasteiger charge is -2.17. The molecule has 0 aromatic carbocycles. The predicted octanol–water partition coefficient (Wildman–Crippen LogP) is 2.08. The highest BCUT2D eigenvalue weighted by molar-refractivity contribution is 7.09. The second-order valence-corrected chi connectivity index (χ2v) is 5.16. The molecule has 5 heteroatoms. The number of nitrogens with one attached hydrogen (secondary N) is 1. The van der Waals surface area contributed by atoms with Gasteiger partial charge in [-0.3, -0.25) is 0 Å². The molecular weight excluding hydrogens is 232 g/mol. The molecule has 17 heavy (non-hydrogen) atoms. The van der Waals surface area contributed by atoms with Crippen LogP contribution in [0.25, 0.3) is 0 Å². The number of nitrogens with zero attached hydrogens (tertiary/aromatic N) is 3. The van der Waals surface area contributed by atoms with Gasteiger partial charge < -0.3 is 9.88 Å². The Bertz CT molecular complexity index is 474. The molecule has 2 aromatic rings. The van der Waals surface area contributed by atoms with Gasteiger partial charge in [-0.25, -0.2) is 9.97 Å². The minimum atomic E-state index is 0.286. The molecule has 2 heterocycles. The van der Waals surface area contributed by atoms with E-state index in [-0.39, 0.29) is 6.04 Å². The number of rotatable bonds is 5. The lowest BCUT2D eigenvalue weighted by Crippen LogP contribution is -2.24. The molecule has 0 spiro atoms. The average Bonchev–Trinajstić information content (AvgIpc) is 2.87. The van der Waals surface area contributed by atoms with Crippen molar-refractivity contribution < 1.29 is 0 Å². The zero-order chi connectivity index (χ0) is 12.3. The Hall–Kier alpha value is -1.20. The second kappa shape index (κ2) is 5.42. The summed E-state index contributed by atoms with van der Waals surface area (Å²) in [5.74, 6) is 0. The summed E-state index contributed by atoms with van der Waals surface area (Å²) < 4.78 is 2.06. The molecule has 0 aliphatic heterocycles. The van der Waals surface area contributed by atoms with Gasteiger partial charge in [-0.05, 0) is 13.5 Å². The van der Waals surface area contributed by atoms with E-state index in [0.29, 0.717) is 0 Å². The summed E-state index contributed by atoms with van der Waals surface area (Å²) >= 11 is 1.70. The highest BCUT2D eigenvalue weighted by Crippen LogP contribution is 2.19. The number of aryl methyl sites for hydroxylation is 2. The summed E-state index contributed by atoms with van der Waals surface area (Å²) in [6.45, 7) is 5.11. The fraction of sp³-hybridized carbons (Fsp3) is 0.500. The number of hydrogen-bond donors (Lipinski definition) is 1. The van der Waals surface area contributed by atoms with Crippen LogP contribution < -0.4 is 5.32 Å². The SMILES string of the molecule is CCNC(Cc1csc(C)n1)c1cncn1C. The zero-order valence-corrected chi connectivity index (χ0v) is 11.3. The van der Waals surface area contributed by atoms with Crippen LogP contribution in [0.2, 0.25) is 0 Å². The van der Waals surface area contributed by atoms with Gasteiger partial charge in [-0.2, -0.15) is 0 Å². The molecule has 4 nitrogen and oxygen atoms in total. The summed E-state index contributed by atoms with van der Waals surface area (Å²) in [5, 5.41) is 6.75. The van der Waals surface area contributed by atoms with Gasteiger partial charge in [0.05, 0.1) is 28.8 Å². The lowest BCUT2D eigenvalue weighted by atomic mass is 10.1. The van der Waals surface area contributed by atoms with E-state index >= 15 is 0 Å². The molecule has 0 saturated carbocycles. The fourth-order valence-corrected chi connectivity index (χ4v) is 2.57. The van der Waals surface area contributed by atoms with E-state index in [1.54, 1.807) is 11.3 Å². The lowest BCUT2D eigenvalue weighted by molar-refractivity contribution is 0.516.